The van der Waals surface area contributed by atoms with Gasteiger partial charge in [-0.1, -0.05) is 31.9 Å². The average Bonchev–Trinajstić information content (AvgIpc) is 2.68. The molecular formula is C25H31NO3. The third kappa shape index (κ3) is 3.69. The van der Waals surface area contributed by atoms with Gasteiger partial charge in [-0.2, -0.15) is 5.26 Å². The maximum Gasteiger partial charge on any atom is 0.134 e. The molecule has 1 aromatic rings. The van der Waals surface area contributed by atoms with Crippen LogP contribution < -0.4 is 4.74 Å². The monoisotopic (exact) mass is 393 g/mol. The minimum Gasteiger partial charge on any atom is -0.507 e. The number of aliphatic hydroxyl groups excluding tert-OH is 1. The lowest BCUT2D eigenvalue weighted by atomic mass is 9.61. The number of aromatic hydroxyl groups is 1. The van der Waals surface area contributed by atoms with Gasteiger partial charge in [0, 0.05) is 23.8 Å². The summed E-state index contributed by atoms with van der Waals surface area (Å²) in [6, 6.07) is 6.31. The molecule has 2 N–H and O–H groups in total. The molecule has 154 valence electrons. The smallest absolute Gasteiger partial charge is 0.134 e. The maximum absolute atomic E-state index is 11.0. The fourth-order valence-electron chi connectivity index (χ4n) is 5.44. The van der Waals surface area contributed by atoms with E-state index in [1.165, 1.54) is 12.0 Å². The number of hydrogen-bond donors (Lipinski definition) is 2. The Hall–Kier alpha value is -2.25. The molecule has 0 bridgehead atoms. The van der Waals surface area contributed by atoms with Gasteiger partial charge in [-0.25, -0.2) is 0 Å². The second kappa shape index (κ2) is 8.24. The summed E-state index contributed by atoms with van der Waals surface area (Å²) in [4.78, 5) is 0. The van der Waals surface area contributed by atoms with Crippen LogP contribution in [0, 0.1) is 17.2 Å². The number of phenols is 1. The van der Waals surface area contributed by atoms with Gasteiger partial charge in [-0.15, -0.1) is 0 Å². The zero-order valence-electron chi connectivity index (χ0n) is 17.1. The molecule has 0 aromatic heterocycles. The lowest BCUT2D eigenvalue weighted by Gasteiger charge is -2.44. The minimum absolute atomic E-state index is 0.0273. The van der Waals surface area contributed by atoms with Gasteiger partial charge in [0.1, 0.15) is 17.3 Å². The van der Waals surface area contributed by atoms with Crippen LogP contribution in [0.5, 0.6) is 11.5 Å². The Morgan fingerprint density at radius 2 is 2.07 bits per heavy atom. The summed E-state index contributed by atoms with van der Waals surface area (Å²) in [5.41, 5.74) is 3.18. The van der Waals surface area contributed by atoms with E-state index in [9.17, 15) is 10.2 Å². The third-order valence-corrected chi connectivity index (χ3v) is 7.30. The number of hydrogen-bond acceptors (Lipinski definition) is 4. The Bertz CT molecular complexity index is 860. The van der Waals surface area contributed by atoms with E-state index in [0.29, 0.717) is 12.2 Å². The van der Waals surface area contributed by atoms with Gasteiger partial charge < -0.3 is 14.9 Å². The first-order valence-electron chi connectivity index (χ1n) is 11.0. The molecule has 1 fully saturated rings. The van der Waals surface area contributed by atoms with E-state index < -0.39 is 0 Å². The van der Waals surface area contributed by atoms with Crippen molar-refractivity contribution in [1.29, 1.82) is 5.26 Å². The van der Waals surface area contributed by atoms with E-state index in [1.807, 2.05) is 6.07 Å². The molecule has 1 saturated carbocycles. The van der Waals surface area contributed by atoms with Crippen molar-refractivity contribution in [2.24, 2.45) is 5.92 Å². The van der Waals surface area contributed by atoms with Crippen molar-refractivity contribution in [3.05, 3.63) is 47.2 Å². The molecule has 1 aliphatic heterocycles. The third-order valence-electron chi connectivity index (χ3n) is 7.30. The van der Waals surface area contributed by atoms with Crippen molar-refractivity contribution >= 4 is 0 Å². The topological polar surface area (TPSA) is 73.5 Å². The van der Waals surface area contributed by atoms with E-state index in [2.05, 4.69) is 24.8 Å². The van der Waals surface area contributed by atoms with Gasteiger partial charge in [-0.3, -0.25) is 0 Å². The number of rotatable bonds is 7. The van der Waals surface area contributed by atoms with Crippen molar-refractivity contribution in [1.82, 2.24) is 0 Å². The van der Waals surface area contributed by atoms with E-state index in [-0.39, 0.29) is 23.9 Å². The first-order valence-corrected chi connectivity index (χ1v) is 11.0. The second-order valence-electron chi connectivity index (χ2n) is 8.98. The summed E-state index contributed by atoms with van der Waals surface area (Å²) in [7, 11) is 0. The van der Waals surface area contributed by atoms with Crippen LogP contribution in [0.25, 0.3) is 0 Å². The molecule has 2 aliphatic carbocycles. The first-order chi connectivity index (χ1) is 14.1. The number of unbranched alkanes of at least 4 members (excludes halogenated alkanes) is 3. The van der Waals surface area contributed by atoms with Gasteiger partial charge in [0.2, 0.25) is 0 Å². The molecule has 4 nitrogen and oxygen atoms in total. The fourth-order valence-corrected chi connectivity index (χ4v) is 5.44. The number of ether oxygens (including phenoxy) is 1. The van der Waals surface area contributed by atoms with Crippen LogP contribution in [0.3, 0.4) is 0 Å². The van der Waals surface area contributed by atoms with Gasteiger partial charge in [0.05, 0.1) is 12.7 Å². The summed E-state index contributed by atoms with van der Waals surface area (Å²) in [5.74, 6) is 2.00. The van der Waals surface area contributed by atoms with Crippen LogP contribution in [0.1, 0.15) is 81.3 Å². The number of nitriles is 1. The van der Waals surface area contributed by atoms with Crippen LogP contribution in [0.2, 0.25) is 0 Å². The van der Waals surface area contributed by atoms with Gasteiger partial charge in [0.25, 0.3) is 0 Å². The molecule has 1 heterocycles. The summed E-state index contributed by atoms with van der Waals surface area (Å²) >= 11 is 0. The molecule has 29 heavy (non-hydrogen) atoms. The predicted octanol–water partition coefficient (Wildman–Crippen LogP) is 5.61. The minimum atomic E-state index is 0.0273. The van der Waals surface area contributed by atoms with Gasteiger partial charge in [0.15, 0.2) is 0 Å². The number of phenolic OH excluding ortho intramolecular Hbond substituents is 1. The molecule has 0 spiro atoms. The standard InChI is InChI=1S/C25H31NO3/c1-17-20-8-7-18(16-27)13-21(20)24-22(28)14-19(15-23(24)29-17)25(10-6-11-25)9-4-2-3-5-12-26/h13-15,20-21,27-28H,1-11,16H2/t20-,21+/m1/s1. The molecule has 0 saturated heterocycles. The molecule has 0 unspecified atom stereocenters. The van der Waals surface area contributed by atoms with Crippen LogP contribution in [0.15, 0.2) is 36.1 Å². The average molecular weight is 394 g/mol. The SMILES string of the molecule is C=C1Oc2cc(C3(CCCCCC#N)CCC3)cc(O)c2[C@H]2C=C(CO)CC[C@H]12. The molecule has 2 atom stereocenters. The van der Waals surface area contributed by atoms with Crippen molar-refractivity contribution in [3.8, 4) is 17.6 Å². The maximum atomic E-state index is 11.0. The largest absolute Gasteiger partial charge is 0.507 e. The van der Waals surface area contributed by atoms with Crippen molar-refractivity contribution in [3.63, 3.8) is 0 Å². The molecule has 0 amide bonds. The van der Waals surface area contributed by atoms with Crippen molar-refractivity contribution in [2.45, 2.75) is 75.5 Å². The summed E-state index contributed by atoms with van der Waals surface area (Å²) in [6.45, 7) is 4.23. The Morgan fingerprint density at radius 1 is 1.24 bits per heavy atom. The lowest BCUT2D eigenvalue weighted by Crippen LogP contribution is -2.34. The highest BCUT2D eigenvalue weighted by atomic mass is 16.5. The second-order valence-corrected chi connectivity index (χ2v) is 8.98. The zero-order valence-corrected chi connectivity index (χ0v) is 17.1. The normalized spacial score (nSPS) is 24.4. The number of allylic oxidation sites excluding steroid dienone is 2. The zero-order chi connectivity index (χ0) is 20.4. The first kappa shape index (κ1) is 20.0. The number of benzene rings is 1. The summed E-state index contributed by atoms with van der Waals surface area (Å²) in [5, 5.41) is 29.3. The predicted molar refractivity (Wildman–Crippen MR) is 113 cm³/mol. The molecule has 3 aliphatic rings. The van der Waals surface area contributed by atoms with Crippen LogP contribution in [-0.2, 0) is 5.41 Å². The molecule has 4 heteroatoms. The number of aliphatic hydroxyl groups is 1. The Labute approximate surface area is 173 Å². The van der Waals surface area contributed by atoms with Crippen LogP contribution >= 0.6 is 0 Å². The molecule has 1 aromatic carbocycles. The quantitative estimate of drug-likeness (QED) is 0.467. The van der Waals surface area contributed by atoms with E-state index >= 15 is 0 Å². The Kier molecular flexibility index (Phi) is 5.69. The number of nitrogens with zero attached hydrogens (tertiary/aromatic N) is 1. The Balaban J connectivity index is 1.62. The lowest BCUT2D eigenvalue weighted by molar-refractivity contribution is 0.215. The highest BCUT2D eigenvalue weighted by molar-refractivity contribution is 5.56. The van der Waals surface area contributed by atoms with Crippen molar-refractivity contribution < 1.29 is 14.9 Å². The molecular weight excluding hydrogens is 362 g/mol. The van der Waals surface area contributed by atoms with Crippen LogP contribution in [0.4, 0.5) is 0 Å². The fraction of sp³-hybridized carbons (Fsp3) is 0.560. The van der Waals surface area contributed by atoms with Crippen molar-refractivity contribution in [2.75, 3.05) is 6.61 Å². The van der Waals surface area contributed by atoms with Gasteiger partial charge >= 0.3 is 0 Å². The van der Waals surface area contributed by atoms with E-state index in [0.717, 1.165) is 74.0 Å². The highest BCUT2D eigenvalue weighted by Crippen LogP contribution is 2.55. The summed E-state index contributed by atoms with van der Waals surface area (Å²) < 4.78 is 6.13. The Morgan fingerprint density at radius 3 is 2.76 bits per heavy atom. The molecule has 0 radical (unpaired) electrons. The number of fused-ring (bicyclic) bond motifs is 3. The highest BCUT2D eigenvalue weighted by Gasteiger charge is 2.42. The van der Waals surface area contributed by atoms with E-state index in [4.69, 9.17) is 10.00 Å². The summed E-state index contributed by atoms with van der Waals surface area (Å²) in [6.07, 6.45) is 12.2. The van der Waals surface area contributed by atoms with Gasteiger partial charge in [-0.05, 0) is 67.2 Å². The van der Waals surface area contributed by atoms with Crippen LogP contribution in [-0.4, -0.2) is 16.8 Å². The molecule has 4 rings (SSSR count). The van der Waals surface area contributed by atoms with E-state index in [1.54, 1.807) is 0 Å².